The Balaban J connectivity index is 2.66. The van der Waals surface area contributed by atoms with E-state index in [4.69, 9.17) is 31.5 Å². The van der Waals surface area contributed by atoms with Crippen LogP contribution in [0.1, 0.15) is 31.7 Å². The summed E-state index contributed by atoms with van der Waals surface area (Å²) in [6, 6.07) is 8.71. The van der Waals surface area contributed by atoms with Crippen LogP contribution in [0.25, 0.3) is 0 Å². The van der Waals surface area contributed by atoms with E-state index in [9.17, 15) is 14.9 Å². The van der Waals surface area contributed by atoms with Gasteiger partial charge in [-0.2, -0.15) is 5.26 Å². The number of halogens is 1. The van der Waals surface area contributed by atoms with Crippen LogP contribution in [-0.2, 0) is 23.8 Å². The number of carbonyl (C=O) groups is 2. The molecule has 1 aliphatic rings. The lowest BCUT2D eigenvalue weighted by atomic mass is 9.82. The lowest BCUT2D eigenvalue weighted by Crippen LogP contribution is -2.27. The summed E-state index contributed by atoms with van der Waals surface area (Å²) in [5, 5.41) is 9.92. The molecule has 142 valence electrons. The first-order chi connectivity index (χ1) is 12.9. The highest BCUT2D eigenvalue weighted by Gasteiger charge is 2.39. The van der Waals surface area contributed by atoms with Gasteiger partial charge in [-0.3, -0.25) is 4.79 Å². The molecule has 27 heavy (non-hydrogen) atoms. The Kier molecular flexibility index (Phi) is 6.85. The van der Waals surface area contributed by atoms with Crippen molar-refractivity contribution in [3.05, 3.63) is 57.6 Å². The van der Waals surface area contributed by atoms with Crippen molar-refractivity contribution < 1.29 is 23.8 Å². The van der Waals surface area contributed by atoms with Gasteiger partial charge < -0.3 is 19.9 Å². The summed E-state index contributed by atoms with van der Waals surface area (Å²) in [7, 11) is 0. The fourth-order valence-corrected chi connectivity index (χ4v) is 2.99. The lowest BCUT2D eigenvalue weighted by Gasteiger charge is -2.28. The minimum absolute atomic E-state index is 0.00348. The molecule has 0 aromatic heterocycles. The third-order valence-corrected chi connectivity index (χ3v) is 4.16. The van der Waals surface area contributed by atoms with Crippen LogP contribution in [0, 0.1) is 11.3 Å². The van der Waals surface area contributed by atoms with Crippen molar-refractivity contribution in [2.45, 2.75) is 26.2 Å². The molecule has 1 atom stereocenters. The van der Waals surface area contributed by atoms with Crippen molar-refractivity contribution in [1.82, 2.24) is 0 Å². The quantitative estimate of drug-likeness (QED) is 0.743. The number of nitrogens with zero attached hydrogens (tertiary/aromatic N) is 1. The number of carbonyl (C=O) groups excluding carboxylic acids is 2. The van der Waals surface area contributed by atoms with Crippen LogP contribution in [0.2, 0.25) is 5.02 Å². The van der Waals surface area contributed by atoms with Crippen LogP contribution < -0.4 is 5.73 Å². The number of nitriles is 1. The van der Waals surface area contributed by atoms with Gasteiger partial charge in [-0.1, -0.05) is 29.8 Å². The van der Waals surface area contributed by atoms with Crippen molar-refractivity contribution in [2.75, 3.05) is 13.2 Å². The van der Waals surface area contributed by atoms with Gasteiger partial charge in [0.15, 0.2) is 0 Å². The number of benzene rings is 1. The molecule has 0 unspecified atom stereocenters. The summed E-state index contributed by atoms with van der Waals surface area (Å²) >= 11 is 6.30. The average molecular weight is 391 g/mol. The predicted molar refractivity (Wildman–Crippen MR) is 97.0 cm³/mol. The Morgan fingerprint density at radius 1 is 1.26 bits per heavy atom. The summed E-state index contributed by atoms with van der Waals surface area (Å²) in [4.78, 5) is 24.7. The average Bonchev–Trinajstić information content (AvgIpc) is 2.62. The van der Waals surface area contributed by atoms with Crippen LogP contribution in [0.4, 0.5) is 0 Å². The summed E-state index contributed by atoms with van der Waals surface area (Å²) in [5.74, 6) is -2.45. The van der Waals surface area contributed by atoms with Gasteiger partial charge in [-0.05, 0) is 25.5 Å². The Morgan fingerprint density at radius 2 is 1.93 bits per heavy atom. The van der Waals surface area contributed by atoms with Gasteiger partial charge in [0.25, 0.3) is 0 Å². The first-order valence-electron chi connectivity index (χ1n) is 8.32. The molecule has 0 aliphatic carbocycles. The highest BCUT2D eigenvalue weighted by molar-refractivity contribution is 6.31. The van der Waals surface area contributed by atoms with Crippen molar-refractivity contribution in [1.29, 1.82) is 5.26 Å². The first-order valence-corrected chi connectivity index (χ1v) is 8.70. The first kappa shape index (κ1) is 20.3. The van der Waals surface area contributed by atoms with Gasteiger partial charge in [0.05, 0.1) is 24.7 Å². The van der Waals surface area contributed by atoms with E-state index in [0.717, 1.165) is 0 Å². The van der Waals surface area contributed by atoms with Gasteiger partial charge in [0.2, 0.25) is 5.88 Å². The van der Waals surface area contributed by atoms with Crippen molar-refractivity contribution in [2.24, 2.45) is 5.73 Å². The molecule has 1 heterocycles. The molecule has 0 saturated carbocycles. The number of hydrogen-bond acceptors (Lipinski definition) is 7. The zero-order chi connectivity index (χ0) is 20.0. The summed E-state index contributed by atoms with van der Waals surface area (Å²) < 4.78 is 15.5. The van der Waals surface area contributed by atoms with E-state index < -0.39 is 17.9 Å². The van der Waals surface area contributed by atoms with E-state index in [1.807, 2.05) is 6.07 Å². The second-order valence-electron chi connectivity index (χ2n) is 5.49. The Labute approximate surface area is 161 Å². The van der Waals surface area contributed by atoms with E-state index in [0.29, 0.717) is 10.6 Å². The van der Waals surface area contributed by atoms with Crippen molar-refractivity contribution in [3.63, 3.8) is 0 Å². The molecule has 7 nitrogen and oxygen atoms in total. The maximum absolute atomic E-state index is 12.7. The number of ether oxygens (including phenoxy) is 3. The van der Waals surface area contributed by atoms with Crippen LogP contribution in [0.3, 0.4) is 0 Å². The van der Waals surface area contributed by atoms with Crippen LogP contribution in [0.15, 0.2) is 47.1 Å². The Bertz CT molecular complexity index is 854. The molecule has 1 aliphatic heterocycles. The smallest absolute Gasteiger partial charge is 0.338 e. The summed E-state index contributed by atoms with van der Waals surface area (Å²) in [6.07, 6.45) is -0.331. The standard InChI is InChI=1S/C19H19ClN2O5/c1-3-25-15(23)9-14-17(19(24)26-4-2)16(12(10-21)18(22)27-14)11-7-5-6-8-13(11)20/h5-8,16H,3-4,9,22H2,1-2H3/t16-/m0/s1. The van der Waals surface area contributed by atoms with E-state index in [-0.39, 0.29) is 42.4 Å². The molecule has 2 N–H and O–H groups in total. The fraction of sp³-hybridized carbons (Fsp3) is 0.316. The van der Waals surface area contributed by atoms with Crippen molar-refractivity contribution >= 4 is 23.5 Å². The molecule has 1 aromatic carbocycles. The maximum atomic E-state index is 12.7. The minimum atomic E-state index is -0.916. The van der Waals surface area contributed by atoms with Gasteiger partial charge in [0.1, 0.15) is 23.8 Å². The van der Waals surface area contributed by atoms with Gasteiger partial charge in [0, 0.05) is 5.02 Å². The van der Waals surface area contributed by atoms with Crippen LogP contribution >= 0.6 is 11.6 Å². The molecular weight excluding hydrogens is 372 g/mol. The molecule has 0 fully saturated rings. The molecule has 0 spiro atoms. The monoisotopic (exact) mass is 390 g/mol. The van der Waals surface area contributed by atoms with E-state index >= 15 is 0 Å². The molecule has 8 heteroatoms. The fourth-order valence-electron chi connectivity index (χ4n) is 2.75. The van der Waals surface area contributed by atoms with Crippen LogP contribution in [-0.4, -0.2) is 25.2 Å². The predicted octanol–water partition coefficient (Wildman–Crippen LogP) is 2.92. The number of allylic oxidation sites excluding steroid dienone is 1. The van der Waals surface area contributed by atoms with Crippen LogP contribution in [0.5, 0.6) is 0 Å². The second-order valence-corrected chi connectivity index (χ2v) is 5.89. The van der Waals surface area contributed by atoms with Crippen molar-refractivity contribution in [3.8, 4) is 6.07 Å². The molecule has 2 rings (SSSR count). The zero-order valence-corrected chi connectivity index (χ0v) is 15.7. The molecule has 0 bridgehead atoms. The third kappa shape index (κ3) is 4.41. The lowest BCUT2D eigenvalue weighted by molar-refractivity contribution is -0.143. The van der Waals surface area contributed by atoms with E-state index in [1.165, 1.54) is 0 Å². The van der Waals surface area contributed by atoms with Gasteiger partial charge >= 0.3 is 11.9 Å². The molecule has 0 saturated heterocycles. The highest BCUT2D eigenvalue weighted by atomic mass is 35.5. The van der Waals surface area contributed by atoms with E-state index in [1.54, 1.807) is 38.1 Å². The number of hydrogen-bond donors (Lipinski definition) is 1. The number of nitrogens with two attached hydrogens (primary N) is 1. The second kappa shape index (κ2) is 9.10. The number of rotatable bonds is 6. The minimum Gasteiger partial charge on any atom is -0.466 e. The molecule has 0 amide bonds. The van der Waals surface area contributed by atoms with E-state index in [2.05, 4.69) is 0 Å². The third-order valence-electron chi connectivity index (χ3n) is 3.82. The van der Waals surface area contributed by atoms with Gasteiger partial charge in [-0.25, -0.2) is 4.79 Å². The Hall–Kier alpha value is -2.98. The largest absolute Gasteiger partial charge is 0.466 e. The van der Waals surface area contributed by atoms with Gasteiger partial charge in [-0.15, -0.1) is 0 Å². The SMILES string of the molecule is CCOC(=O)CC1=C(C(=O)OCC)[C@@H](c2ccccc2Cl)C(C#N)=C(N)O1. The topological polar surface area (TPSA) is 112 Å². The Morgan fingerprint density at radius 3 is 2.52 bits per heavy atom. The summed E-state index contributed by atoms with van der Waals surface area (Å²) in [5.41, 5.74) is 6.39. The number of esters is 2. The summed E-state index contributed by atoms with van der Waals surface area (Å²) in [6.45, 7) is 3.58. The molecule has 0 radical (unpaired) electrons. The normalized spacial score (nSPS) is 16.4. The molecule has 1 aromatic rings. The zero-order valence-electron chi connectivity index (χ0n) is 15.0. The molecular formula is C19H19ClN2O5. The highest BCUT2D eigenvalue weighted by Crippen LogP contribution is 2.42. The maximum Gasteiger partial charge on any atom is 0.338 e.